The highest BCUT2D eigenvalue weighted by Gasteiger charge is 2.03. The van der Waals surface area contributed by atoms with E-state index in [1.54, 1.807) is 0 Å². The first kappa shape index (κ1) is 13.3. The van der Waals surface area contributed by atoms with Gasteiger partial charge in [0.1, 0.15) is 0 Å². The third kappa shape index (κ3) is 9.36. The van der Waals surface area contributed by atoms with Crippen LogP contribution in [0.15, 0.2) is 0 Å². The molecule has 4 N–H and O–H groups in total. The first-order valence-corrected chi connectivity index (χ1v) is 5.60. The summed E-state index contributed by atoms with van der Waals surface area (Å²) in [7, 11) is 0. The molecule has 1 atom stereocenters. The lowest BCUT2D eigenvalue weighted by Gasteiger charge is -2.12. The van der Waals surface area contributed by atoms with E-state index in [0.717, 1.165) is 24.8 Å². The molecule has 0 saturated carbocycles. The molecule has 0 bridgehead atoms. The Hall–Kier alpha value is -0.730. The summed E-state index contributed by atoms with van der Waals surface area (Å²) >= 11 is 0. The Morgan fingerprint density at radius 3 is 2.36 bits per heavy atom. The maximum Gasteiger partial charge on any atom is 0.185 e. The molecule has 0 aliphatic rings. The van der Waals surface area contributed by atoms with E-state index in [1.807, 2.05) is 0 Å². The molecule has 3 nitrogen and oxygen atoms in total. The van der Waals surface area contributed by atoms with E-state index in [0.29, 0.717) is 0 Å². The lowest BCUT2D eigenvalue weighted by atomic mass is 9.95. The van der Waals surface area contributed by atoms with E-state index < -0.39 is 0 Å². The third-order valence-corrected chi connectivity index (χ3v) is 2.43. The van der Waals surface area contributed by atoms with Gasteiger partial charge in [-0.05, 0) is 24.7 Å². The van der Waals surface area contributed by atoms with Gasteiger partial charge in [-0.2, -0.15) is 0 Å². The van der Waals surface area contributed by atoms with Gasteiger partial charge in [-0.15, -0.1) is 0 Å². The average molecular weight is 199 g/mol. The summed E-state index contributed by atoms with van der Waals surface area (Å²) in [6.45, 7) is 7.67. The van der Waals surface area contributed by atoms with Crippen LogP contribution in [0.1, 0.15) is 46.5 Å². The van der Waals surface area contributed by atoms with Gasteiger partial charge in [-0.25, -0.2) is 0 Å². The van der Waals surface area contributed by atoms with Crippen LogP contribution in [-0.2, 0) is 0 Å². The highest BCUT2D eigenvalue weighted by Crippen LogP contribution is 2.15. The fourth-order valence-corrected chi connectivity index (χ4v) is 1.44. The molecule has 14 heavy (non-hydrogen) atoms. The van der Waals surface area contributed by atoms with Gasteiger partial charge < -0.3 is 11.1 Å². The van der Waals surface area contributed by atoms with Gasteiger partial charge in [0.25, 0.3) is 0 Å². The van der Waals surface area contributed by atoms with E-state index in [-0.39, 0.29) is 5.96 Å². The van der Waals surface area contributed by atoms with E-state index in [4.69, 9.17) is 11.1 Å². The fraction of sp³-hybridized carbons (Fsp3) is 0.909. The van der Waals surface area contributed by atoms with Gasteiger partial charge >= 0.3 is 0 Å². The molecule has 1 unspecified atom stereocenters. The summed E-state index contributed by atoms with van der Waals surface area (Å²) in [6, 6.07) is 0. The minimum absolute atomic E-state index is 0.0832. The minimum Gasteiger partial charge on any atom is -0.370 e. The Bertz CT molecular complexity index is 155. The van der Waals surface area contributed by atoms with Crippen LogP contribution in [0.2, 0.25) is 0 Å². The normalized spacial score (nSPS) is 12.9. The third-order valence-electron chi connectivity index (χ3n) is 2.43. The maximum atomic E-state index is 6.98. The zero-order valence-electron chi connectivity index (χ0n) is 9.77. The lowest BCUT2D eigenvalue weighted by Crippen LogP contribution is -2.31. The van der Waals surface area contributed by atoms with Crippen molar-refractivity contribution >= 4 is 5.96 Å². The molecule has 84 valence electrons. The van der Waals surface area contributed by atoms with Gasteiger partial charge in [0.2, 0.25) is 0 Å². The molecule has 0 fully saturated rings. The van der Waals surface area contributed by atoms with Crippen molar-refractivity contribution in [3.05, 3.63) is 0 Å². The number of hydrogen-bond acceptors (Lipinski definition) is 1. The van der Waals surface area contributed by atoms with Gasteiger partial charge in [0, 0.05) is 6.54 Å². The highest BCUT2D eigenvalue weighted by atomic mass is 15.0. The molecular weight excluding hydrogens is 174 g/mol. The zero-order valence-corrected chi connectivity index (χ0v) is 9.77. The largest absolute Gasteiger partial charge is 0.370 e. The summed E-state index contributed by atoms with van der Waals surface area (Å²) < 4.78 is 0. The molecule has 0 aliphatic carbocycles. The summed E-state index contributed by atoms with van der Waals surface area (Å²) in [5, 5.41) is 9.81. The van der Waals surface area contributed by atoms with Crippen LogP contribution in [0.25, 0.3) is 0 Å². The Morgan fingerprint density at radius 1 is 1.21 bits per heavy atom. The van der Waals surface area contributed by atoms with Crippen LogP contribution < -0.4 is 11.1 Å². The highest BCUT2D eigenvalue weighted by molar-refractivity contribution is 5.74. The standard InChI is InChI=1S/C11H25N3/c1-9(2)6-7-10(3)5-4-8-14-11(12)13/h9-10H,4-8H2,1-3H3,(H4,12,13,14). The topological polar surface area (TPSA) is 61.9 Å². The smallest absolute Gasteiger partial charge is 0.185 e. The van der Waals surface area contributed by atoms with Gasteiger partial charge in [0.05, 0.1) is 0 Å². The van der Waals surface area contributed by atoms with E-state index in [1.165, 1.54) is 19.3 Å². The Morgan fingerprint density at radius 2 is 1.86 bits per heavy atom. The molecule has 0 aromatic heterocycles. The Balaban J connectivity index is 3.26. The zero-order chi connectivity index (χ0) is 11.0. The monoisotopic (exact) mass is 199 g/mol. The molecule has 0 aromatic carbocycles. The van der Waals surface area contributed by atoms with Gasteiger partial charge in [-0.3, -0.25) is 5.41 Å². The first-order chi connectivity index (χ1) is 6.52. The van der Waals surface area contributed by atoms with Crippen LogP contribution in [-0.4, -0.2) is 12.5 Å². The van der Waals surface area contributed by atoms with Crippen LogP contribution in [0.4, 0.5) is 0 Å². The van der Waals surface area contributed by atoms with Crippen molar-refractivity contribution < 1.29 is 0 Å². The second-order valence-corrected chi connectivity index (χ2v) is 4.56. The molecule has 0 rings (SSSR count). The van der Waals surface area contributed by atoms with Crippen molar-refractivity contribution in [1.29, 1.82) is 5.41 Å². The van der Waals surface area contributed by atoms with Crippen molar-refractivity contribution in [2.45, 2.75) is 46.5 Å². The van der Waals surface area contributed by atoms with Gasteiger partial charge in [-0.1, -0.05) is 33.6 Å². The lowest BCUT2D eigenvalue weighted by molar-refractivity contribution is 0.418. The molecule has 0 heterocycles. The second-order valence-electron chi connectivity index (χ2n) is 4.56. The number of hydrogen-bond donors (Lipinski definition) is 3. The van der Waals surface area contributed by atoms with Crippen LogP contribution in [0.3, 0.4) is 0 Å². The van der Waals surface area contributed by atoms with E-state index in [9.17, 15) is 0 Å². The predicted octanol–water partition coefficient (Wildman–Crippen LogP) is 2.32. The van der Waals surface area contributed by atoms with Crippen molar-refractivity contribution in [2.24, 2.45) is 17.6 Å². The molecule has 0 spiro atoms. The van der Waals surface area contributed by atoms with E-state index >= 15 is 0 Å². The van der Waals surface area contributed by atoms with Gasteiger partial charge in [0.15, 0.2) is 5.96 Å². The molecule has 0 aliphatic heterocycles. The van der Waals surface area contributed by atoms with Crippen LogP contribution in [0.5, 0.6) is 0 Å². The second kappa shape index (κ2) is 7.65. The molecule has 0 saturated heterocycles. The Labute approximate surface area is 88.0 Å². The Kier molecular flexibility index (Phi) is 7.25. The van der Waals surface area contributed by atoms with Crippen LogP contribution in [0, 0.1) is 17.2 Å². The first-order valence-electron chi connectivity index (χ1n) is 5.60. The number of nitrogens with two attached hydrogens (primary N) is 1. The summed E-state index contributed by atoms with van der Waals surface area (Å²) in [5.41, 5.74) is 5.18. The predicted molar refractivity (Wildman–Crippen MR) is 62.4 cm³/mol. The number of nitrogens with one attached hydrogen (secondary N) is 2. The molecule has 0 aromatic rings. The van der Waals surface area contributed by atoms with Crippen molar-refractivity contribution in [2.75, 3.05) is 6.54 Å². The van der Waals surface area contributed by atoms with Crippen molar-refractivity contribution in [3.63, 3.8) is 0 Å². The molecule has 0 radical (unpaired) electrons. The van der Waals surface area contributed by atoms with Crippen molar-refractivity contribution in [3.8, 4) is 0 Å². The van der Waals surface area contributed by atoms with Crippen LogP contribution >= 0.6 is 0 Å². The summed E-state index contributed by atoms with van der Waals surface area (Å²) in [5.74, 6) is 1.69. The fourth-order valence-electron chi connectivity index (χ4n) is 1.44. The molecule has 0 amide bonds. The summed E-state index contributed by atoms with van der Waals surface area (Å²) in [6.07, 6.45) is 4.98. The quantitative estimate of drug-likeness (QED) is 0.335. The van der Waals surface area contributed by atoms with E-state index in [2.05, 4.69) is 26.1 Å². The average Bonchev–Trinajstić information content (AvgIpc) is 2.08. The molecular formula is C11H25N3. The summed E-state index contributed by atoms with van der Waals surface area (Å²) in [4.78, 5) is 0. The SMILES string of the molecule is CC(C)CCC(C)CCCNC(=N)N. The maximum absolute atomic E-state index is 6.98. The number of guanidine groups is 1. The van der Waals surface area contributed by atoms with Crippen molar-refractivity contribution in [1.82, 2.24) is 5.32 Å². The minimum atomic E-state index is 0.0832. The molecule has 3 heteroatoms. The number of rotatable bonds is 7.